The third-order valence-electron chi connectivity index (χ3n) is 7.48. The van der Waals surface area contributed by atoms with Gasteiger partial charge in [-0.2, -0.15) is 44.3 Å². The second kappa shape index (κ2) is 12.6. The number of aliphatic hydroxyl groups is 1. The molecule has 0 fully saturated rings. The lowest BCUT2D eigenvalue weighted by Crippen LogP contribution is -2.25. The quantitative estimate of drug-likeness (QED) is 0.183. The SMILES string of the molecule is CCCC(C)(O)c1ccc(C)c(-c2ccc(C(F)(F)F)cc2CN(Cc2cc(C(F)(F)F)cc(C(F)(F)F)c2)c2nnn(C)n2)c1. The third-order valence-corrected chi connectivity index (χ3v) is 7.48. The van der Waals surface area contributed by atoms with Gasteiger partial charge in [0.15, 0.2) is 0 Å². The summed E-state index contributed by atoms with van der Waals surface area (Å²) in [6.45, 7) is 4.12. The van der Waals surface area contributed by atoms with Crippen LogP contribution in [0.3, 0.4) is 0 Å². The molecule has 0 spiro atoms. The van der Waals surface area contributed by atoms with Gasteiger partial charge in [0.05, 0.1) is 29.3 Å². The topological polar surface area (TPSA) is 67.1 Å². The molecule has 1 heterocycles. The van der Waals surface area contributed by atoms with Gasteiger partial charge in [-0.1, -0.05) is 36.6 Å². The lowest BCUT2D eigenvalue weighted by atomic mass is 9.86. The summed E-state index contributed by atoms with van der Waals surface area (Å²) < 4.78 is 123. The van der Waals surface area contributed by atoms with E-state index in [4.69, 9.17) is 0 Å². The average Bonchev–Trinajstić information content (AvgIpc) is 3.37. The Kier molecular flexibility index (Phi) is 9.49. The van der Waals surface area contributed by atoms with E-state index in [-0.39, 0.29) is 17.6 Å². The zero-order valence-corrected chi connectivity index (χ0v) is 25.1. The number of halogens is 9. The monoisotopic (exact) mass is 659 g/mol. The maximum atomic E-state index is 13.9. The normalized spacial score (nSPS) is 14.0. The van der Waals surface area contributed by atoms with Crippen LogP contribution in [0.15, 0.2) is 54.6 Å². The molecule has 1 atom stereocenters. The van der Waals surface area contributed by atoms with Crippen LogP contribution in [0.4, 0.5) is 45.5 Å². The number of aromatic nitrogens is 4. The van der Waals surface area contributed by atoms with Gasteiger partial charge in [0, 0.05) is 13.1 Å². The molecule has 15 heteroatoms. The summed E-state index contributed by atoms with van der Waals surface area (Å²) in [6, 6.07) is 9.12. The van der Waals surface area contributed by atoms with E-state index in [2.05, 4.69) is 15.4 Å². The van der Waals surface area contributed by atoms with E-state index in [0.717, 1.165) is 21.8 Å². The first-order valence-electron chi connectivity index (χ1n) is 14.0. The summed E-state index contributed by atoms with van der Waals surface area (Å²) in [7, 11) is 1.37. The average molecular weight is 660 g/mol. The van der Waals surface area contributed by atoms with Crippen molar-refractivity contribution in [2.45, 2.75) is 70.8 Å². The smallest absolute Gasteiger partial charge is 0.385 e. The minimum Gasteiger partial charge on any atom is -0.385 e. The zero-order valence-electron chi connectivity index (χ0n) is 25.1. The van der Waals surface area contributed by atoms with Crippen LogP contribution in [0.1, 0.15) is 65.6 Å². The summed E-state index contributed by atoms with van der Waals surface area (Å²) >= 11 is 0. The van der Waals surface area contributed by atoms with Gasteiger partial charge >= 0.3 is 18.5 Å². The van der Waals surface area contributed by atoms with E-state index in [9.17, 15) is 44.6 Å². The van der Waals surface area contributed by atoms with Crippen LogP contribution >= 0.6 is 0 Å². The first-order chi connectivity index (χ1) is 21.2. The Morgan fingerprint density at radius 2 is 1.33 bits per heavy atom. The summed E-state index contributed by atoms with van der Waals surface area (Å²) in [6.07, 6.45) is -13.9. The fourth-order valence-corrected chi connectivity index (χ4v) is 5.18. The predicted octanol–water partition coefficient (Wildman–Crippen LogP) is 8.46. The highest BCUT2D eigenvalue weighted by molar-refractivity contribution is 5.72. The number of tetrazole rings is 1. The molecule has 248 valence electrons. The standard InChI is InChI=1S/C31H30F9N5O/c1-5-10-28(3,46)21-7-6-18(2)26(15-21)25-9-8-22(29(32,33)34)13-20(25)17-45(27-41-43-44(4)42-27)16-19-11-23(30(35,36)37)14-24(12-19)31(38,39)40/h6-9,11-15,46H,5,10,16-17H2,1-4H3. The second-order valence-corrected chi connectivity index (χ2v) is 11.3. The first kappa shape index (κ1) is 34.7. The van der Waals surface area contributed by atoms with Gasteiger partial charge in [0.25, 0.3) is 5.95 Å². The van der Waals surface area contributed by atoms with Crippen LogP contribution in [0, 0.1) is 6.92 Å². The molecule has 1 aromatic heterocycles. The molecule has 4 aromatic rings. The summed E-state index contributed by atoms with van der Waals surface area (Å²) in [4.78, 5) is 2.14. The summed E-state index contributed by atoms with van der Waals surface area (Å²) in [5.41, 5.74) is -3.84. The molecule has 0 aliphatic rings. The van der Waals surface area contributed by atoms with Crippen molar-refractivity contribution in [3.63, 3.8) is 0 Å². The Labute approximate surface area is 258 Å². The number of anilines is 1. The van der Waals surface area contributed by atoms with Gasteiger partial charge in [-0.05, 0) is 95.3 Å². The van der Waals surface area contributed by atoms with E-state index in [1.807, 2.05) is 6.92 Å². The number of hydrogen-bond acceptors (Lipinski definition) is 5. The van der Waals surface area contributed by atoms with E-state index in [1.165, 1.54) is 13.1 Å². The van der Waals surface area contributed by atoms with Gasteiger partial charge in [-0.25, -0.2) is 0 Å². The van der Waals surface area contributed by atoms with Crippen molar-refractivity contribution in [1.29, 1.82) is 0 Å². The highest BCUT2D eigenvalue weighted by Gasteiger charge is 2.37. The molecule has 4 rings (SSSR count). The Balaban J connectivity index is 1.89. The van der Waals surface area contributed by atoms with Crippen LogP contribution in [-0.4, -0.2) is 25.3 Å². The predicted molar refractivity (Wildman–Crippen MR) is 151 cm³/mol. The summed E-state index contributed by atoms with van der Waals surface area (Å²) in [5.74, 6) is -0.242. The number of aryl methyl sites for hydroxylation is 2. The van der Waals surface area contributed by atoms with Crippen LogP contribution < -0.4 is 4.90 Å². The highest BCUT2D eigenvalue weighted by Crippen LogP contribution is 2.39. The van der Waals surface area contributed by atoms with Crippen LogP contribution in [0.2, 0.25) is 0 Å². The number of hydrogen-bond donors (Lipinski definition) is 1. The molecule has 0 bridgehead atoms. The zero-order chi connectivity index (χ0) is 34.2. The van der Waals surface area contributed by atoms with E-state index < -0.39 is 59.5 Å². The lowest BCUT2D eigenvalue weighted by Gasteiger charge is -2.26. The Bertz CT molecular complexity index is 1660. The minimum atomic E-state index is -5.11. The fraction of sp³-hybridized carbons (Fsp3) is 0.387. The molecule has 0 aliphatic heterocycles. The van der Waals surface area contributed by atoms with E-state index in [0.29, 0.717) is 47.2 Å². The fourth-order valence-electron chi connectivity index (χ4n) is 5.18. The van der Waals surface area contributed by atoms with Gasteiger partial charge in [-0.15, -0.1) is 5.10 Å². The second-order valence-electron chi connectivity index (χ2n) is 11.3. The van der Waals surface area contributed by atoms with Gasteiger partial charge < -0.3 is 10.0 Å². The molecule has 46 heavy (non-hydrogen) atoms. The lowest BCUT2D eigenvalue weighted by molar-refractivity contribution is -0.143. The highest BCUT2D eigenvalue weighted by atomic mass is 19.4. The largest absolute Gasteiger partial charge is 0.416 e. The van der Waals surface area contributed by atoms with Crippen molar-refractivity contribution in [3.8, 4) is 11.1 Å². The van der Waals surface area contributed by atoms with Crippen molar-refractivity contribution in [2.24, 2.45) is 7.05 Å². The van der Waals surface area contributed by atoms with Gasteiger partial charge in [-0.3, -0.25) is 0 Å². The summed E-state index contributed by atoms with van der Waals surface area (Å²) in [5, 5.41) is 22.6. The number of benzene rings is 3. The molecular weight excluding hydrogens is 629 g/mol. The molecule has 0 saturated heterocycles. The van der Waals surface area contributed by atoms with Crippen LogP contribution in [0.5, 0.6) is 0 Å². The molecular formula is C31H30F9N5O. The first-order valence-corrected chi connectivity index (χ1v) is 14.0. The van der Waals surface area contributed by atoms with Crippen molar-refractivity contribution < 1.29 is 44.6 Å². The van der Waals surface area contributed by atoms with Crippen molar-refractivity contribution in [1.82, 2.24) is 20.2 Å². The number of nitrogens with zero attached hydrogens (tertiary/aromatic N) is 5. The van der Waals surface area contributed by atoms with Gasteiger partial charge in [0.2, 0.25) is 0 Å². The minimum absolute atomic E-state index is 0.0114. The molecule has 0 aliphatic carbocycles. The maximum Gasteiger partial charge on any atom is 0.416 e. The number of rotatable bonds is 9. The number of alkyl halides is 9. The molecule has 1 unspecified atom stereocenters. The van der Waals surface area contributed by atoms with Crippen LogP contribution in [-0.2, 0) is 44.3 Å². The molecule has 6 nitrogen and oxygen atoms in total. The van der Waals surface area contributed by atoms with E-state index >= 15 is 0 Å². The Hall–Kier alpha value is -4.14. The van der Waals surface area contributed by atoms with E-state index in [1.54, 1.807) is 32.0 Å². The van der Waals surface area contributed by atoms with Crippen LogP contribution in [0.25, 0.3) is 11.1 Å². The molecule has 0 amide bonds. The van der Waals surface area contributed by atoms with Crippen molar-refractivity contribution in [3.05, 3.63) is 93.5 Å². The Morgan fingerprint density at radius 3 is 1.85 bits per heavy atom. The molecule has 3 aromatic carbocycles. The van der Waals surface area contributed by atoms with Crippen molar-refractivity contribution in [2.75, 3.05) is 4.90 Å². The Morgan fingerprint density at radius 1 is 0.739 bits per heavy atom. The van der Waals surface area contributed by atoms with Gasteiger partial charge in [0.1, 0.15) is 0 Å². The third kappa shape index (κ3) is 7.98. The molecule has 0 saturated carbocycles. The molecule has 0 radical (unpaired) electrons. The molecule has 1 N–H and O–H groups in total. The van der Waals surface area contributed by atoms with Crippen molar-refractivity contribution >= 4 is 5.95 Å². The maximum absolute atomic E-state index is 13.9.